The Labute approximate surface area is 88.7 Å². The number of aliphatic hydroxyl groups is 1. The molecule has 76 valence electrons. The lowest BCUT2D eigenvalue weighted by atomic mass is 10.0. The largest absolute Gasteiger partial charge is 0.393 e. The van der Waals surface area contributed by atoms with Gasteiger partial charge in [-0.1, -0.05) is 28.1 Å². The summed E-state index contributed by atoms with van der Waals surface area (Å²) in [6.45, 7) is 8.09. The van der Waals surface area contributed by atoms with E-state index in [0.717, 1.165) is 31.3 Å². The molecule has 0 aromatic heterocycles. The first kappa shape index (κ1) is 11.2. The van der Waals surface area contributed by atoms with Crippen molar-refractivity contribution in [2.45, 2.75) is 31.9 Å². The fourth-order valence-corrected chi connectivity index (χ4v) is 1.94. The predicted octanol–water partition coefficient (Wildman–Crippen LogP) is 1.78. The number of likely N-dealkylation sites (tertiary alicyclic amines) is 1. The molecule has 2 nitrogen and oxygen atoms in total. The van der Waals surface area contributed by atoms with Crippen LogP contribution in [0.1, 0.15) is 19.8 Å². The number of rotatable bonds is 3. The summed E-state index contributed by atoms with van der Waals surface area (Å²) in [5.74, 6) is 0. The Morgan fingerprint density at radius 3 is 2.92 bits per heavy atom. The van der Waals surface area contributed by atoms with Gasteiger partial charge in [-0.3, -0.25) is 4.90 Å². The van der Waals surface area contributed by atoms with Crippen LogP contribution in [-0.4, -0.2) is 40.6 Å². The third kappa shape index (κ3) is 3.41. The second-order valence-corrected chi connectivity index (χ2v) is 4.44. The predicted molar refractivity (Wildman–Crippen MR) is 59.2 cm³/mol. The maximum atomic E-state index is 9.43. The molecule has 0 aromatic rings. The molecule has 0 aliphatic carbocycles. The van der Waals surface area contributed by atoms with Crippen LogP contribution in [0.5, 0.6) is 0 Å². The van der Waals surface area contributed by atoms with Crippen molar-refractivity contribution in [3.05, 3.63) is 12.2 Å². The summed E-state index contributed by atoms with van der Waals surface area (Å²) in [5, 5.41) is 10.3. The average Bonchev–Trinajstić information content (AvgIpc) is 2.09. The van der Waals surface area contributed by atoms with Crippen LogP contribution in [0.2, 0.25) is 0 Å². The molecular weight excluding hydrogens is 230 g/mol. The van der Waals surface area contributed by atoms with Crippen molar-refractivity contribution in [1.29, 1.82) is 0 Å². The summed E-state index contributed by atoms with van der Waals surface area (Å²) in [4.78, 5) is 2.39. The van der Waals surface area contributed by atoms with Crippen molar-refractivity contribution < 1.29 is 5.11 Å². The van der Waals surface area contributed by atoms with E-state index in [2.05, 4.69) is 34.3 Å². The van der Waals surface area contributed by atoms with E-state index >= 15 is 0 Å². The SMILES string of the molecule is C=C(CBr)CN1CC[C@H](O)C[C@@H]1C. The first-order valence-corrected chi connectivity index (χ1v) is 5.90. The third-order valence-electron chi connectivity index (χ3n) is 2.60. The lowest BCUT2D eigenvalue weighted by molar-refractivity contribution is 0.0535. The summed E-state index contributed by atoms with van der Waals surface area (Å²) in [6, 6.07) is 0.486. The van der Waals surface area contributed by atoms with E-state index in [4.69, 9.17) is 0 Å². The number of hydrogen-bond acceptors (Lipinski definition) is 2. The molecule has 0 amide bonds. The second kappa shape index (κ2) is 5.13. The van der Waals surface area contributed by atoms with Crippen LogP contribution in [0.15, 0.2) is 12.2 Å². The molecule has 0 saturated carbocycles. The van der Waals surface area contributed by atoms with E-state index < -0.39 is 0 Å². The number of hydrogen-bond donors (Lipinski definition) is 1. The highest BCUT2D eigenvalue weighted by atomic mass is 79.9. The van der Waals surface area contributed by atoms with Crippen LogP contribution in [0.25, 0.3) is 0 Å². The first-order chi connectivity index (χ1) is 6.13. The van der Waals surface area contributed by atoms with Gasteiger partial charge in [-0.2, -0.15) is 0 Å². The van der Waals surface area contributed by atoms with Gasteiger partial charge >= 0.3 is 0 Å². The fraction of sp³-hybridized carbons (Fsp3) is 0.800. The van der Waals surface area contributed by atoms with Gasteiger partial charge in [-0.25, -0.2) is 0 Å². The zero-order valence-corrected chi connectivity index (χ0v) is 9.76. The van der Waals surface area contributed by atoms with Crippen molar-refractivity contribution in [3.8, 4) is 0 Å². The number of nitrogens with zero attached hydrogens (tertiary/aromatic N) is 1. The molecule has 0 unspecified atom stereocenters. The lowest BCUT2D eigenvalue weighted by Crippen LogP contribution is -2.43. The molecule has 1 aliphatic heterocycles. The topological polar surface area (TPSA) is 23.5 Å². The van der Waals surface area contributed by atoms with Crippen molar-refractivity contribution in [2.75, 3.05) is 18.4 Å². The summed E-state index contributed by atoms with van der Waals surface area (Å²) in [6.07, 6.45) is 1.71. The Bertz CT molecular complexity index is 184. The van der Waals surface area contributed by atoms with Gasteiger partial charge in [0.25, 0.3) is 0 Å². The van der Waals surface area contributed by atoms with E-state index in [1.54, 1.807) is 0 Å². The van der Waals surface area contributed by atoms with Crippen molar-refractivity contribution in [3.63, 3.8) is 0 Å². The highest BCUT2D eigenvalue weighted by molar-refractivity contribution is 9.09. The monoisotopic (exact) mass is 247 g/mol. The Morgan fingerprint density at radius 2 is 2.38 bits per heavy atom. The molecule has 1 rings (SSSR count). The van der Waals surface area contributed by atoms with Crippen LogP contribution in [0, 0.1) is 0 Å². The highest BCUT2D eigenvalue weighted by Gasteiger charge is 2.23. The van der Waals surface area contributed by atoms with Crippen LogP contribution in [0.4, 0.5) is 0 Å². The molecule has 1 fully saturated rings. The maximum Gasteiger partial charge on any atom is 0.0567 e. The summed E-state index contributed by atoms with van der Waals surface area (Å²) >= 11 is 3.40. The number of aliphatic hydroxyl groups excluding tert-OH is 1. The molecule has 1 heterocycles. The molecule has 0 spiro atoms. The number of alkyl halides is 1. The quantitative estimate of drug-likeness (QED) is 0.608. The maximum absolute atomic E-state index is 9.43. The molecular formula is C10H18BrNO. The van der Waals surface area contributed by atoms with E-state index in [9.17, 15) is 5.11 Å². The fourth-order valence-electron chi connectivity index (χ4n) is 1.76. The summed E-state index contributed by atoms with van der Waals surface area (Å²) in [7, 11) is 0. The zero-order chi connectivity index (χ0) is 9.84. The van der Waals surface area contributed by atoms with Gasteiger partial charge in [0.05, 0.1) is 6.10 Å². The minimum Gasteiger partial charge on any atom is -0.393 e. The molecule has 3 heteroatoms. The van der Waals surface area contributed by atoms with Gasteiger partial charge in [-0.15, -0.1) is 0 Å². The van der Waals surface area contributed by atoms with Crippen molar-refractivity contribution in [2.24, 2.45) is 0 Å². The summed E-state index contributed by atoms with van der Waals surface area (Å²) in [5.41, 5.74) is 1.21. The highest BCUT2D eigenvalue weighted by Crippen LogP contribution is 2.18. The van der Waals surface area contributed by atoms with Crippen LogP contribution in [-0.2, 0) is 0 Å². The Balaban J connectivity index is 2.38. The first-order valence-electron chi connectivity index (χ1n) is 4.78. The number of halogens is 1. The van der Waals surface area contributed by atoms with E-state index in [-0.39, 0.29) is 6.10 Å². The van der Waals surface area contributed by atoms with Crippen LogP contribution >= 0.6 is 15.9 Å². The van der Waals surface area contributed by atoms with Gasteiger partial charge in [-0.05, 0) is 19.8 Å². The lowest BCUT2D eigenvalue weighted by Gasteiger charge is -2.36. The van der Waals surface area contributed by atoms with Gasteiger partial charge in [0.1, 0.15) is 0 Å². The van der Waals surface area contributed by atoms with Crippen LogP contribution < -0.4 is 0 Å². The smallest absolute Gasteiger partial charge is 0.0567 e. The Hall–Kier alpha value is 0.140. The number of piperidine rings is 1. The van der Waals surface area contributed by atoms with Gasteiger partial charge < -0.3 is 5.11 Å². The molecule has 1 N–H and O–H groups in total. The molecule has 13 heavy (non-hydrogen) atoms. The normalized spacial score (nSPS) is 30.4. The van der Waals surface area contributed by atoms with Gasteiger partial charge in [0.2, 0.25) is 0 Å². The van der Waals surface area contributed by atoms with Crippen molar-refractivity contribution in [1.82, 2.24) is 4.90 Å². The average molecular weight is 248 g/mol. The molecule has 1 saturated heterocycles. The standard InChI is InChI=1S/C10H18BrNO/c1-8(6-11)7-12-4-3-10(13)5-9(12)2/h9-10,13H,1,3-7H2,2H3/t9-,10-/m0/s1. The Kier molecular flexibility index (Phi) is 4.42. The minimum absolute atomic E-state index is 0.0940. The molecule has 0 bridgehead atoms. The molecule has 2 atom stereocenters. The molecule has 0 radical (unpaired) electrons. The van der Waals surface area contributed by atoms with Crippen molar-refractivity contribution >= 4 is 15.9 Å². The Morgan fingerprint density at radius 1 is 1.69 bits per heavy atom. The molecule has 0 aromatic carbocycles. The van der Waals surface area contributed by atoms with Gasteiger partial charge in [0, 0.05) is 24.5 Å². The minimum atomic E-state index is -0.0940. The second-order valence-electron chi connectivity index (χ2n) is 3.88. The summed E-state index contributed by atoms with van der Waals surface area (Å²) < 4.78 is 0. The third-order valence-corrected chi connectivity index (χ3v) is 3.39. The van der Waals surface area contributed by atoms with Gasteiger partial charge in [0.15, 0.2) is 0 Å². The molecule has 1 aliphatic rings. The van der Waals surface area contributed by atoms with E-state index in [1.807, 2.05) is 0 Å². The van der Waals surface area contributed by atoms with E-state index in [1.165, 1.54) is 5.57 Å². The van der Waals surface area contributed by atoms with Crippen LogP contribution in [0.3, 0.4) is 0 Å². The van der Waals surface area contributed by atoms with E-state index in [0.29, 0.717) is 6.04 Å². The zero-order valence-electron chi connectivity index (χ0n) is 8.17.